The minimum atomic E-state index is -3.66. The number of nitrogens with zero attached hydrogens (tertiary/aromatic N) is 2. The topological polar surface area (TPSA) is 105 Å². The number of carbonyl (C=O) groups is 2. The maximum Gasteiger partial charge on any atom is 0.343 e. The summed E-state index contributed by atoms with van der Waals surface area (Å²) in [4.78, 5) is 24.4. The van der Waals surface area contributed by atoms with Gasteiger partial charge >= 0.3 is 5.97 Å². The average Bonchev–Trinajstić information content (AvgIpc) is 2.78. The number of rotatable bonds is 8. The number of esters is 1. The number of benzene rings is 3. The molecule has 3 rings (SSSR count). The van der Waals surface area contributed by atoms with E-state index in [2.05, 4.69) is 10.5 Å². The maximum atomic E-state index is 12.3. The summed E-state index contributed by atoms with van der Waals surface area (Å²) < 4.78 is 30.6. The molecule has 9 heteroatoms. The summed E-state index contributed by atoms with van der Waals surface area (Å²) in [5.41, 5.74) is 4.69. The Morgan fingerprint density at radius 1 is 1.00 bits per heavy atom. The van der Waals surface area contributed by atoms with Crippen molar-refractivity contribution in [2.24, 2.45) is 5.10 Å². The number of carbonyl (C=O) groups excluding carboxylic acids is 2. The van der Waals surface area contributed by atoms with Gasteiger partial charge in [0.25, 0.3) is 5.91 Å². The van der Waals surface area contributed by atoms with Crippen LogP contribution in [0.5, 0.6) is 5.75 Å². The second-order valence-corrected chi connectivity index (χ2v) is 9.13. The Balaban J connectivity index is 1.57. The number of amides is 1. The Kier molecular flexibility index (Phi) is 7.57. The van der Waals surface area contributed by atoms with Crippen LogP contribution in [-0.4, -0.2) is 39.3 Å². The summed E-state index contributed by atoms with van der Waals surface area (Å²) in [6.07, 6.45) is 2.44. The third-order valence-electron chi connectivity index (χ3n) is 4.48. The van der Waals surface area contributed by atoms with Crippen molar-refractivity contribution < 1.29 is 22.7 Å². The largest absolute Gasteiger partial charge is 0.423 e. The first-order chi connectivity index (χ1) is 15.7. The van der Waals surface area contributed by atoms with Crippen LogP contribution >= 0.6 is 0 Å². The van der Waals surface area contributed by atoms with Crippen molar-refractivity contribution in [1.82, 2.24) is 5.43 Å². The minimum absolute atomic E-state index is 0.368. The van der Waals surface area contributed by atoms with Crippen molar-refractivity contribution in [2.45, 2.75) is 6.92 Å². The fourth-order valence-corrected chi connectivity index (χ4v) is 3.74. The predicted molar refractivity (Wildman–Crippen MR) is 127 cm³/mol. The molecule has 0 fully saturated rings. The van der Waals surface area contributed by atoms with Crippen molar-refractivity contribution >= 4 is 33.8 Å². The van der Waals surface area contributed by atoms with Crippen LogP contribution in [0.2, 0.25) is 0 Å². The van der Waals surface area contributed by atoms with Crippen LogP contribution in [0.3, 0.4) is 0 Å². The fourth-order valence-electron chi connectivity index (χ4n) is 2.89. The van der Waals surface area contributed by atoms with E-state index in [0.717, 1.165) is 16.1 Å². The highest BCUT2D eigenvalue weighted by Crippen LogP contribution is 2.18. The molecule has 33 heavy (non-hydrogen) atoms. The number of nitrogens with one attached hydrogen (secondary N) is 1. The standard InChI is InChI=1S/C24H23N3O5S/c1-18-7-6-10-21(15-18)27(33(2,30)31)17-23(28)26-25-16-19-11-13-22(14-12-19)32-24(29)20-8-4-3-5-9-20/h3-16H,17H2,1-2H3,(H,26,28)/b25-16+. The summed E-state index contributed by atoms with van der Waals surface area (Å²) in [6, 6.07) is 22.0. The molecule has 1 amide bonds. The number of sulfonamides is 1. The lowest BCUT2D eigenvalue weighted by Crippen LogP contribution is -2.39. The van der Waals surface area contributed by atoms with Crippen LogP contribution in [0, 0.1) is 6.92 Å². The monoisotopic (exact) mass is 465 g/mol. The van der Waals surface area contributed by atoms with Gasteiger partial charge in [0.15, 0.2) is 0 Å². The molecule has 0 atom stereocenters. The van der Waals surface area contributed by atoms with Gasteiger partial charge in [0.05, 0.1) is 23.7 Å². The van der Waals surface area contributed by atoms with Gasteiger partial charge in [-0.3, -0.25) is 9.10 Å². The molecule has 0 bridgehead atoms. The van der Waals surface area contributed by atoms with E-state index in [9.17, 15) is 18.0 Å². The van der Waals surface area contributed by atoms with Crippen LogP contribution in [-0.2, 0) is 14.8 Å². The number of aryl methyl sites for hydroxylation is 1. The van der Waals surface area contributed by atoms with Crippen molar-refractivity contribution in [2.75, 3.05) is 17.1 Å². The number of ether oxygens (including phenoxy) is 1. The zero-order valence-electron chi connectivity index (χ0n) is 18.1. The van der Waals surface area contributed by atoms with Gasteiger partial charge in [0.2, 0.25) is 10.0 Å². The Morgan fingerprint density at radius 3 is 2.33 bits per heavy atom. The molecule has 0 aliphatic heterocycles. The van der Waals surface area contributed by atoms with E-state index in [-0.39, 0.29) is 0 Å². The molecule has 3 aromatic rings. The summed E-state index contributed by atoms with van der Waals surface area (Å²) >= 11 is 0. The lowest BCUT2D eigenvalue weighted by molar-refractivity contribution is -0.119. The van der Waals surface area contributed by atoms with Crippen molar-refractivity contribution in [3.8, 4) is 5.75 Å². The fraction of sp³-hybridized carbons (Fsp3) is 0.125. The molecule has 0 heterocycles. The number of hydrogen-bond acceptors (Lipinski definition) is 6. The Hall–Kier alpha value is -3.98. The van der Waals surface area contributed by atoms with Gasteiger partial charge in [0.1, 0.15) is 12.3 Å². The van der Waals surface area contributed by atoms with Gasteiger partial charge < -0.3 is 4.74 Å². The third-order valence-corrected chi connectivity index (χ3v) is 5.62. The van der Waals surface area contributed by atoms with E-state index in [1.54, 1.807) is 66.7 Å². The zero-order chi connectivity index (χ0) is 23.8. The highest BCUT2D eigenvalue weighted by Gasteiger charge is 2.20. The summed E-state index contributed by atoms with van der Waals surface area (Å²) in [5, 5.41) is 3.87. The molecular weight excluding hydrogens is 442 g/mol. The summed E-state index contributed by atoms with van der Waals surface area (Å²) in [6.45, 7) is 1.43. The minimum Gasteiger partial charge on any atom is -0.423 e. The summed E-state index contributed by atoms with van der Waals surface area (Å²) in [5.74, 6) is -0.688. The van der Waals surface area contributed by atoms with Crippen LogP contribution in [0.4, 0.5) is 5.69 Å². The second kappa shape index (κ2) is 10.6. The number of hydrazone groups is 1. The van der Waals surface area contributed by atoms with Gasteiger partial charge in [-0.15, -0.1) is 0 Å². The van der Waals surface area contributed by atoms with E-state index in [1.807, 2.05) is 19.1 Å². The Labute approximate surface area is 192 Å². The van der Waals surface area contributed by atoms with E-state index in [1.165, 1.54) is 6.21 Å². The van der Waals surface area contributed by atoms with Crippen molar-refractivity contribution in [1.29, 1.82) is 0 Å². The van der Waals surface area contributed by atoms with E-state index >= 15 is 0 Å². The molecule has 170 valence electrons. The lowest BCUT2D eigenvalue weighted by Gasteiger charge is -2.21. The van der Waals surface area contributed by atoms with Gasteiger partial charge in [-0.05, 0) is 66.6 Å². The quantitative estimate of drug-likeness (QED) is 0.238. The normalized spacial score (nSPS) is 11.2. The third kappa shape index (κ3) is 7.01. The smallest absolute Gasteiger partial charge is 0.343 e. The molecule has 1 N–H and O–H groups in total. The highest BCUT2D eigenvalue weighted by molar-refractivity contribution is 7.92. The molecular formula is C24H23N3O5S. The molecule has 0 unspecified atom stereocenters. The first-order valence-electron chi connectivity index (χ1n) is 9.96. The van der Waals surface area contributed by atoms with E-state index in [4.69, 9.17) is 4.74 Å². The molecule has 0 aliphatic carbocycles. The molecule has 3 aromatic carbocycles. The first kappa shape index (κ1) is 23.7. The molecule has 0 aliphatic rings. The van der Waals surface area contributed by atoms with E-state index < -0.39 is 28.4 Å². The molecule has 0 radical (unpaired) electrons. The van der Waals surface area contributed by atoms with Crippen molar-refractivity contribution in [3.63, 3.8) is 0 Å². The molecule has 0 spiro atoms. The first-order valence-corrected chi connectivity index (χ1v) is 11.8. The van der Waals surface area contributed by atoms with E-state index in [0.29, 0.717) is 22.6 Å². The van der Waals surface area contributed by atoms with Gasteiger partial charge in [-0.1, -0.05) is 30.3 Å². The van der Waals surface area contributed by atoms with Gasteiger partial charge in [-0.25, -0.2) is 18.6 Å². The second-order valence-electron chi connectivity index (χ2n) is 7.23. The molecule has 0 aromatic heterocycles. The summed E-state index contributed by atoms with van der Waals surface area (Å²) in [7, 11) is -3.66. The zero-order valence-corrected chi connectivity index (χ0v) is 19.0. The highest BCUT2D eigenvalue weighted by atomic mass is 32.2. The number of anilines is 1. The van der Waals surface area contributed by atoms with Crippen LogP contribution in [0.15, 0.2) is 84.0 Å². The van der Waals surface area contributed by atoms with Gasteiger partial charge in [-0.2, -0.15) is 5.10 Å². The molecule has 8 nitrogen and oxygen atoms in total. The Bertz CT molecular complexity index is 1260. The lowest BCUT2D eigenvalue weighted by atomic mass is 10.2. The van der Waals surface area contributed by atoms with Crippen LogP contribution < -0.4 is 14.5 Å². The van der Waals surface area contributed by atoms with Gasteiger partial charge in [0, 0.05) is 0 Å². The molecule has 0 saturated heterocycles. The van der Waals surface area contributed by atoms with Crippen LogP contribution in [0.25, 0.3) is 0 Å². The number of hydrogen-bond donors (Lipinski definition) is 1. The SMILES string of the molecule is Cc1cccc(N(CC(=O)N/N=C/c2ccc(OC(=O)c3ccccc3)cc2)S(C)(=O)=O)c1. The average molecular weight is 466 g/mol. The predicted octanol–water partition coefficient (Wildman–Crippen LogP) is 3.13. The Morgan fingerprint density at radius 2 is 1.70 bits per heavy atom. The van der Waals surface area contributed by atoms with Crippen molar-refractivity contribution in [3.05, 3.63) is 95.6 Å². The molecule has 0 saturated carbocycles. The van der Waals surface area contributed by atoms with Crippen LogP contribution in [0.1, 0.15) is 21.5 Å². The maximum absolute atomic E-state index is 12.3.